The van der Waals surface area contributed by atoms with E-state index in [4.69, 9.17) is 0 Å². The predicted octanol–water partition coefficient (Wildman–Crippen LogP) is 3.17. The van der Waals surface area contributed by atoms with Gasteiger partial charge >= 0.3 is 0 Å². The number of H-pyrrole nitrogens is 1. The Morgan fingerprint density at radius 3 is 2.68 bits per heavy atom. The molecule has 0 aliphatic rings. The van der Waals surface area contributed by atoms with E-state index >= 15 is 0 Å². The molecule has 0 radical (unpaired) electrons. The molecule has 19 heavy (non-hydrogen) atoms. The van der Waals surface area contributed by atoms with Gasteiger partial charge in [-0.15, -0.1) is 6.58 Å². The Bertz CT molecular complexity index is 593. The average Bonchev–Trinajstić information content (AvgIpc) is 2.81. The third kappa shape index (κ3) is 3.42. The van der Waals surface area contributed by atoms with E-state index in [2.05, 4.69) is 31.8 Å². The Hall–Kier alpha value is -1.21. The summed E-state index contributed by atoms with van der Waals surface area (Å²) in [6.07, 6.45) is 4.86. The molecule has 7 heteroatoms. The fraction of sp³-hybridized carbons (Fsp3) is 0.417. The van der Waals surface area contributed by atoms with Crippen LogP contribution in [0.4, 0.5) is 5.82 Å². The van der Waals surface area contributed by atoms with Crippen molar-refractivity contribution in [2.24, 2.45) is 0 Å². The largest absolute Gasteiger partial charge is 0.368 e. The Labute approximate surface area is 121 Å². The van der Waals surface area contributed by atoms with Crippen molar-refractivity contribution < 1.29 is 0 Å². The fourth-order valence-corrected chi connectivity index (χ4v) is 2.31. The van der Waals surface area contributed by atoms with E-state index in [1.165, 1.54) is 11.8 Å². The van der Waals surface area contributed by atoms with Crippen molar-refractivity contribution in [3.63, 3.8) is 0 Å². The lowest BCUT2D eigenvalue weighted by Crippen LogP contribution is -2.05. The van der Waals surface area contributed by atoms with Gasteiger partial charge in [-0.3, -0.25) is 0 Å². The van der Waals surface area contributed by atoms with Gasteiger partial charge in [0.1, 0.15) is 5.52 Å². The highest BCUT2D eigenvalue weighted by Crippen LogP contribution is 2.24. The first-order chi connectivity index (χ1) is 9.13. The number of hydrogen-bond acceptors (Lipinski definition) is 6. The summed E-state index contributed by atoms with van der Waals surface area (Å²) < 4.78 is 0. The molecule has 0 unspecified atom stereocenters. The Morgan fingerprint density at radius 2 is 2.05 bits per heavy atom. The lowest BCUT2D eigenvalue weighted by Gasteiger charge is -2.07. The van der Waals surface area contributed by atoms with Crippen LogP contribution in [0.1, 0.15) is 13.3 Å². The van der Waals surface area contributed by atoms with Gasteiger partial charge in [0.05, 0.1) is 0 Å². The summed E-state index contributed by atoms with van der Waals surface area (Å²) >= 11 is 3.08. The molecule has 0 aliphatic carbocycles. The van der Waals surface area contributed by atoms with Gasteiger partial charge in [-0.05, 0) is 25.9 Å². The molecule has 0 spiro atoms. The maximum absolute atomic E-state index is 4.49. The monoisotopic (exact) mass is 295 g/mol. The van der Waals surface area contributed by atoms with E-state index in [1.54, 1.807) is 11.8 Å². The Kier molecular flexibility index (Phi) is 4.71. The number of hydrogen-bond donors (Lipinski definition) is 2. The summed E-state index contributed by atoms with van der Waals surface area (Å²) in [7, 11) is 0. The standard InChI is InChI=1S/C12H17N5S2/c1-7(2)5-6-13-9-8-10(16-11(14-8)18-3)17-12(15-9)19-4/h1,5-6H2,2-4H3,(H2,13,14,15,16,17). The van der Waals surface area contributed by atoms with Crippen LogP contribution in [0.15, 0.2) is 22.5 Å². The van der Waals surface area contributed by atoms with E-state index in [0.717, 1.165) is 40.2 Å². The molecule has 2 aromatic heterocycles. The highest BCUT2D eigenvalue weighted by Gasteiger charge is 2.11. The number of imidazole rings is 1. The van der Waals surface area contributed by atoms with Gasteiger partial charge in [0.15, 0.2) is 21.8 Å². The summed E-state index contributed by atoms with van der Waals surface area (Å²) in [4.78, 5) is 16.6. The highest BCUT2D eigenvalue weighted by atomic mass is 32.2. The highest BCUT2D eigenvalue weighted by molar-refractivity contribution is 7.98. The summed E-state index contributed by atoms with van der Waals surface area (Å²) in [5.41, 5.74) is 2.72. The zero-order chi connectivity index (χ0) is 13.8. The third-order valence-electron chi connectivity index (χ3n) is 2.53. The molecule has 0 atom stereocenters. The second kappa shape index (κ2) is 6.29. The van der Waals surface area contributed by atoms with E-state index < -0.39 is 0 Å². The minimum absolute atomic E-state index is 0.710. The van der Waals surface area contributed by atoms with Crippen LogP contribution < -0.4 is 5.32 Å². The average molecular weight is 295 g/mol. The minimum atomic E-state index is 0.710. The fourth-order valence-electron chi connectivity index (χ4n) is 1.57. The van der Waals surface area contributed by atoms with Crippen molar-refractivity contribution in [2.45, 2.75) is 23.7 Å². The Balaban J connectivity index is 2.33. The van der Waals surface area contributed by atoms with Crippen LogP contribution in [0.2, 0.25) is 0 Å². The first-order valence-electron chi connectivity index (χ1n) is 5.88. The number of nitrogens with one attached hydrogen (secondary N) is 2. The molecule has 2 aromatic rings. The molecule has 0 saturated heterocycles. The number of nitrogens with zero attached hydrogens (tertiary/aromatic N) is 3. The van der Waals surface area contributed by atoms with Crippen molar-refractivity contribution in [3.8, 4) is 0 Å². The SMILES string of the molecule is C=C(C)CCNc1nc(SC)nc2nc(SC)[nH]c12. The lowest BCUT2D eigenvalue weighted by atomic mass is 10.2. The zero-order valence-electron chi connectivity index (χ0n) is 11.3. The zero-order valence-corrected chi connectivity index (χ0v) is 12.9. The second-order valence-corrected chi connectivity index (χ2v) is 5.71. The van der Waals surface area contributed by atoms with Crippen LogP contribution >= 0.6 is 23.5 Å². The molecule has 0 fully saturated rings. The molecule has 2 heterocycles. The number of aromatic amines is 1. The van der Waals surface area contributed by atoms with Crippen LogP contribution in [0.25, 0.3) is 11.2 Å². The number of aromatic nitrogens is 4. The summed E-state index contributed by atoms with van der Waals surface area (Å²) in [6.45, 7) is 6.73. The minimum Gasteiger partial charge on any atom is -0.368 e. The van der Waals surface area contributed by atoms with Crippen molar-refractivity contribution in [1.82, 2.24) is 19.9 Å². The quantitative estimate of drug-likeness (QED) is 0.485. The van der Waals surface area contributed by atoms with E-state index in [1.807, 2.05) is 19.4 Å². The first kappa shape index (κ1) is 14.2. The number of rotatable bonds is 6. The molecule has 0 saturated carbocycles. The van der Waals surface area contributed by atoms with Crippen LogP contribution in [-0.2, 0) is 0 Å². The van der Waals surface area contributed by atoms with E-state index in [-0.39, 0.29) is 0 Å². The van der Waals surface area contributed by atoms with Gasteiger partial charge < -0.3 is 10.3 Å². The first-order valence-corrected chi connectivity index (χ1v) is 8.33. The third-order valence-corrected chi connectivity index (χ3v) is 3.66. The molecule has 0 aromatic carbocycles. The molecular formula is C12H17N5S2. The summed E-state index contributed by atoms with van der Waals surface area (Å²) in [5, 5.41) is 4.90. The smallest absolute Gasteiger partial charge is 0.191 e. The van der Waals surface area contributed by atoms with Crippen LogP contribution in [0.5, 0.6) is 0 Å². The maximum atomic E-state index is 4.49. The van der Waals surface area contributed by atoms with Gasteiger partial charge in [-0.1, -0.05) is 29.1 Å². The molecule has 5 nitrogen and oxygen atoms in total. The maximum Gasteiger partial charge on any atom is 0.191 e. The molecule has 0 amide bonds. The van der Waals surface area contributed by atoms with Gasteiger partial charge in [-0.2, -0.15) is 0 Å². The van der Waals surface area contributed by atoms with Crippen molar-refractivity contribution in [3.05, 3.63) is 12.2 Å². The van der Waals surface area contributed by atoms with Gasteiger partial charge in [0.25, 0.3) is 0 Å². The van der Waals surface area contributed by atoms with E-state index in [0.29, 0.717) is 5.65 Å². The van der Waals surface area contributed by atoms with Gasteiger partial charge in [-0.25, -0.2) is 15.0 Å². The lowest BCUT2D eigenvalue weighted by molar-refractivity contribution is 0.952. The number of thioether (sulfide) groups is 2. The number of anilines is 1. The van der Waals surface area contributed by atoms with Crippen LogP contribution in [0.3, 0.4) is 0 Å². The molecule has 102 valence electrons. The number of fused-ring (bicyclic) bond motifs is 1. The van der Waals surface area contributed by atoms with Gasteiger partial charge in [0, 0.05) is 6.54 Å². The van der Waals surface area contributed by atoms with Crippen molar-refractivity contribution in [1.29, 1.82) is 0 Å². The molecule has 2 rings (SSSR count). The molecule has 2 N–H and O–H groups in total. The summed E-state index contributed by atoms with van der Waals surface area (Å²) in [5.74, 6) is 0.809. The Morgan fingerprint density at radius 1 is 1.26 bits per heavy atom. The van der Waals surface area contributed by atoms with Gasteiger partial charge in [0.2, 0.25) is 0 Å². The van der Waals surface area contributed by atoms with Crippen molar-refractivity contribution >= 4 is 40.5 Å². The van der Waals surface area contributed by atoms with Crippen LogP contribution in [0, 0.1) is 0 Å². The molecule has 0 bridgehead atoms. The second-order valence-electron chi connectivity index (χ2n) is 4.14. The van der Waals surface area contributed by atoms with Crippen molar-refractivity contribution in [2.75, 3.05) is 24.4 Å². The molecular weight excluding hydrogens is 278 g/mol. The predicted molar refractivity (Wildman–Crippen MR) is 83.2 cm³/mol. The van der Waals surface area contributed by atoms with E-state index in [9.17, 15) is 0 Å². The normalized spacial score (nSPS) is 10.9. The molecule has 0 aliphatic heterocycles. The van der Waals surface area contributed by atoms with Crippen LogP contribution in [-0.4, -0.2) is 39.0 Å². The topological polar surface area (TPSA) is 66.5 Å². The summed E-state index contributed by atoms with van der Waals surface area (Å²) in [6, 6.07) is 0.